The van der Waals surface area contributed by atoms with Gasteiger partial charge in [0.1, 0.15) is 17.4 Å². The summed E-state index contributed by atoms with van der Waals surface area (Å²) in [6.45, 7) is 7.39. The first kappa shape index (κ1) is 25.7. The number of methoxy groups -OCH3 is 1. The van der Waals surface area contributed by atoms with E-state index in [0.717, 1.165) is 23.3 Å². The highest BCUT2D eigenvalue weighted by atomic mass is 16.6. The van der Waals surface area contributed by atoms with Crippen LogP contribution in [-0.4, -0.2) is 64.7 Å². The largest absolute Gasteiger partial charge is 0.497 e. The number of carboxylic acid groups (broad SMARTS) is 1. The third kappa shape index (κ3) is 7.57. The lowest BCUT2D eigenvalue weighted by Crippen LogP contribution is -2.46. The smallest absolute Gasteiger partial charge is 0.320 e. The van der Waals surface area contributed by atoms with Crippen molar-refractivity contribution in [2.75, 3.05) is 20.2 Å². The van der Waals surface area contributed by atoms with Crippen LogP contribution in [0, 0.1) is 0 Å². The molecule has 1 aliphatic heterocycles. The minimum Gasteiger partial charge on any atom is -0.497 e. The molecule has 0 aromatic heterocycles. The second-order valence-electron chi connectivity index (χ2n) is 9.85. The van der Waals surface area contributed by atoms with Crippen molar-refractivity contribution < 1.29 is 24.2 Å². The number of nitrogens with zero attached hydrogens (tertiary/aromatic N) is 2. The molecule has 1 heterocycles. The van der Waals surface area contributed by atoms with Crippen molar-refractivity contribution in [3.05, 3.63) is 65.7 Å². The van der Waals surface area contributed by atoms with Crippen LogP contribution in [0.5, 0.6) is 5.75 Å². The Bertz CT molecular complexity index is 940. The molecule has 0 amide bonds. The normalized spacial score (nSPS) is 18.7. The summed E-state index contributed by atoms with van der Waals surface area (Å²) >= 11 is 0. The second kappa shape index (κ2) is 11.5. The molecule has 0 saturated carbocycles. The van der Waals surface area contributed by atoms with Crippen molar-refractivity contribution in [2.45, 2.75) is 64.4 Å². The average Bonchev–Trinajstić information content (AvgIpc) is 3.16. The Morgan fingerprint density at radius 2 is 1.71 bits per heavy atom. The molecule has 1 fully saturated rings. The molecule has 2 aromatic carbocycles. The molecule has 1 aliphatic rings. The Labute approximate surface area is 202 Å². The van der Waals surface area contributed by atoms with E-state index in [2.05, 4.69) is 9.80 Å². The van der Waals surface area contributed by atoms with E-state index in [-0.39, 0.29) is 18.6 Å². The van der Waals surface area contributed by atoms with Crippen molar-refractivity contribution in [1.29, 1.82) is 0 Å². The molecular weight excluding hydrogens is 432 g/mol. The van der Waals surface area contributed by atoms with Gasteiger partial charge in [-0.25, -0.2) is 0 Å². The zero-order chi connectivity index (χ0) is 24.7. The van der Waals surface area contributed by atoms with Crippen molar-refractivity contribution in [2.24, 2.45) is 0 Å². The summed E-state index contributed by atoms with van der Waals surface area (Å²) < 4.78 is 10.8. The fourth-order valence-electron chi connectivity index (χ4n) is 4.46. The third-order valence-electron chi connectivity index (χ3n) is 5.94. The van der Waals surface area contributed by atoms with Gasteiger partial charge in [-0.05, 0) is 56.9 Å². The molecule has 0 bridgehead atoms. The highest BCUT2D eigenvalue weighted by Crippen LogP contribution is 2.28. The molecular formula is C27H36N2O5. The first-order chi connectivity index (χ1) is 16.1. The van der Waals surface area contributed by atoms with Crippen LogP contribution in [-0.2, 0) is 27.4 Å². The molecule has 1 saturated heterocycles. The van der Waals surface area contributed by atoms with E-state index in [1.807, 2.05) is 75.4 Å². The predicted octanol–water partition coefficient (Wildman–Crippen LogP) is 3.96. The van der Waals surface area contributed by atoms with E-state index in [1.54, 1.807) is 7.11 Å². The van der Waals surface area contributed by atoms with Crippen molar-refractivity contribution in [1.82, 2.24) is 9.80 Å². The van der Waals surface area contributed by atoms with Gasteiger partial charge in [0.15, 0.2) is 0 Å². The van der Waals surface area contributed by atoms with Crippen LogP contribution in [0.25, 0.3) is 0 Å². The van der Waals surface area contributed by atoms with Gasteiger partial charge in [0.05, 0.1) is 13.7 Å². The monoisotopic (exact) mass is 468 g/mol. The number of hydrogen-bond donors (Lipinski definition) is 1. The molecule has 0 unspecified atom stereocenters. The third-order valence-corrected chi connectivity index (χ3v) is 5.94. The number of carboxylic acids is 1. The number of aliphatic carboxylic acids is 1. The second-order valence-corrected chi connectivity index (χ2v) is 9.85. The Morgan fingerprint density at radius 3 is 2.29 bits per heavy atom. The zero-order valence-electron chi connectivity index (χ0n) is 20.6. The van der Waals surface area contributed by atoms with Gasteiger partial charge < -0.3 is 14.6 Å². The number of carbonyl (C=O) groups excluding carboxylic acids is 1. The summed E-state index contributed by atoms with van der Waals surface area (Å²) in [5, 5.41) is 9.83. The molecule has 2 aromatic rings. The first-order valence-corrected chi connectivity index (χ1v) is 11.7. The summed E-state index contributed by atoms with van der Waals surface area (Å²) in [4.78, 5) is 28.8. The van der Waals surface area contributed by atoms with Crippen LogP contribution in [0.4, 0.5) is 0 Å². The van der Waals surface area contributed by atoms with Crippen LogP contribution in [0.2, 0.25) is 0 Å². The highest BCUT2D eigenvalue weighted by Gasteiger charge is 2.38. The number of ether oxygens (including phenoxy) is 2. The first-order valence-electron chi connectivity index (χ1n) is 11.7. The maximum Gasteiger partial charge on any atom is 0.320 e. The fraction of sp³-hybridized carbons (Fsp3) is 0.481. The lowest BCUT2D eigenvalue weighted by Gasteiger charge is -2.33. The van der Waals surface area contributed by atoms with Crippen LogP contribution in [0.15, 0.2) is 54.6 Å². The Kier molecular flexibility index (Phi) is 8.69. The number of esters is 1. The maximum atomic E-state index is 12.7. The minimum atomic E-state index is -0.799. The fourth-order valence-corrected chi connectivity index (χ4v) is 4.46. The summed E-state index contributed by atoms with van der Waals surface area (Å²) in [7, 11) is 1.63. The van der Waals surface area contributed by atoms with Gasteiger partial charge in [-0.2, -0.15) is 0 Å². The van der Waals surface area contributed by atoms with E-state index in [0.29, 0.717) is 26.1 Å². The van der Waals surface area contributed by atoms with Gasteiger partial charge in [0, 0.05) is 25.7 Å². The predicted molar refractivity (Wildman–Crippen MR) is 131 cm³/mol. The van der Waals surface area contributed by atoms with E-state index in [4.69, 9.17) is 9.47 Å². The van der Waals surface area contributed by atoms with Crippen molar-refractivity contribution in [3.63, 3.8) is 0 Å². The summed E-state index contributed by atoms with van der Waals surface area (Å²) in [5.74, 6) is -0.313. The molecule has 3 rings (SSSR count). The number of carbonyl (C=O) groups is 2. The summed E-state index contributed by atoms with van der Waals surface area (Å²) in [6.07, 6.45) is 1.35. The van der Waals surface area contributed by atoms with Crippen LogP contribution < -0.4 is 4.74 Å². The van der Waals surface area contributed by atoms with E-state index >= 15 is 0 Å². The molecule has 184 valence electrons. The Hall–Kier alpha value is -2.90. The Balaban J connectivity index is 1.78. The SMILES string of the molecule is COc1ccc(CN(CC(=O)OC(C)(C)C)C[C@@H]2CC[C@H](C(=O)O)N2Cc2ccccc2)cc1. The van der Waals surface area contributed by atoms with Crippen molar-refractivity contribution in [3.8, 4) is 5.75 Å². The quantitative estimate of drug-likeness (QED) is 0.529. The van der Waals surface area contributed by atoms with Crippen molar-refractivity contribution >= 4 is 11.9 Å². The topological polar surface area (TPSA) is 79.3 Å². The number of likely N-dealkylation sites (tertiary alicyclic amines) is 1. The molecule has 0 aliphatic carbocycles. The number of rotatable bonds is 10. The lowest BCUT2D eigenvalue weighted by molar-refractivity contribution is -0.156. The van der Waals surface area contributed by atoms with Crippen LogP contribution >= 0.6 is 0 Å². The number of hydrogen-bond acceptors (Lipinski definition) is 6. The molecule has 2 atom stereocenters. The Morgan fingerprint density at radius 1 is 1.03 bits per heavy atom. The van der Waals surface area contributed by atoms with Gasteiger partial charge in [-0.3, -0.25) is 19.4 Å². The minimum absolute atomic E-state index is 0.0157. The molecule has 0 spiro atoms. The number of benzene rings is 2. The molecule has 7 nitrogen and oxygen atoms in total. The van der Waals surface area contributed by atoms with E-state index in [1.165, 1.54) is 0 Å². The van der Waals surface area contributed by atoms with Crippen LogP contribution in [0.1, 0.15) is 44.7 Å². The maximum absolute atomic E-state index is 12.7. The van der Waals surface area contributed by atoms with E-state index in [9.17, 15) is 14.7 Å². The average molecular weight is 469 g/mol. The molecule has 1 N–H and O–H groups in total. The van der Waals surface area contributed by atoms with Gasteiger partial charge in [0.2, 0.25) is 0 Å². The lowest BCUT2D eigenvalue weighted by atomic mass is 10.1. The summed E-state index contributed by atoms with van der Waals surface area (Å²) in [5.41, 5.74) is 1.56. The highest BCUT2D eigenvalue weighted by molar-refractivity contribution is 5.74. The van der Waals surface area contributed by atoms with Gasteiger partial charge in [-0.1, -0.05) is 42.5 Å². The molecule has 0 radical (unpaired) electrons. The summed E-state index contributed by atoms with van der Waals surface area (Å²) in [6, 6.07) is 17.2. The standard InChI is InChI=1S/C27H36N2O5/c1-27(2,3)34-25(30)19-28(16-21-10-13-23(33-4)14-11-21)18-22-12-15-24(26(31)32)29(22)17-20-8-6-5-7-9-20/h5-11,13-14,22,24H,12,15-19H2,1-4H3,(H,31,32)/t22-,24+/m0/s1. The molecule has 34 heavy (non-hydrogen) atoms. The van der Waals surface area contributed by atoms with Crippen LogP contribution in [0.3, 0.4) is 0 Å². The van der Waals surface area contributed by atoms with Gasteiger partial charge >= 0.3 is 11.9 Å². The van der Waals surface area contributed by atoms with Gasteiger partial charge in [-0.15, -0.1) is 0 Å². The molecule has 7 heteroatoms. The zero-order valence-corrected chi connectivity index (χ0v) is 20.6. The van der Waals surface area contributed by atoms with E-state index < -0.39 is 17.6 Å². The van der Waals surface area contributed by atoms with Gasteiger partial charge in [0.25, 0.3) is 0 Å².